The monoisotopic (exact) mass is 120 g/mol. The van der Waals surface area contributed by atoms with Crippen LogP contribution in [-0.2, 0) is 0 Å². The first kappa shape index (κ1) is 6.65. The number of aliphatic hydroxyl groups is 1. The molecule has 0 amide bonds. The summed E-state index contributed by atoms with van der Waals surface area (Å²) in [6.45, 7) is 1.58. The Balaban J connectivity index is 3.72. The molecule has 0 bridgehead atoms. The summed E-state index contributed by atoms with van der Waals surface area (Å²) in [5.74, 6) is 0. The molecule has 3 nitrogen and oxygen atoms in total. The van der Waals surface area contributed by atoms with E-state index in [4.69, 9.17) is 16.0 Å². The summed E-state index contributed by atoms with van der Waals surface area (Å²) < 4.78 is 0. The average molecular weight is 120 g/mol. The maximum atomic E-state index is 8.53. The van der Waals surface area contributed by atoms with Gasteiger partial charge in [0.1, 0.15) is 0 Å². The topological polar surface area (TPSA) is 72.3 Å². The molecule has 4 heteroatoms. The molecule has 0 saturated heterocycles. The van der Waals surface area contributed by atoms with E-state index in [1.165, 1.54) is 0 Å². The Kier molecular flexibility index (Phi) is 2.62. The molecule has 0 fully saturated rings. The molecule has 5 N–H and O–H groups in total. The second kappa shape index (κ2) is 2.76. The number of rotatable bonds is 1. The summed E-state index contributed by atoms with van der Waals surface area (Å²) in [6.07, 6.45) is 0. The molecule has 0 unspecified atom stereocenters. The van der Waals surface area contributed by atoms with Crippen molar-refractivity contribution >= 4 is 11.9 Å². The summed E-state index contributed by atoms with van der Waals surface area (Å²) in [5.41, 5.74) is 5.43. The van der Waals surface area contributed by atoms with Crippen LogP contribution in [-0.4, -0.2) is 5.11 Å². The zero-order valence-electron chi connectivity index (χ0n) is 4.01. The number of hydrogen-bond acceptors (Lipinski definition) is 4. The highest BCUT2D eigenvalue weighted by Crippen LogP contribution is 2.03. The number of hydrogen-bond donors (Lipinski definition) is 3. The van der Waals surface area contributed by atoms with Crippen molar-refractivity contribution < 1.29 is 5.11 Å². The lowest BCUT2D eigenvalue weighted by molar-refractivity contribution is 0.449. The summed E-state index contributed by atoms with van der Waals surface area (Å²) in [4.78, 5) is 0. The van der Waals surface area contributed by atoms with E-state index in [0.29, 0.717) is 5.70 Å². The summed E-state index contributed by atoms with van der Waals surface area (Å²) >= 11 is 0.743. The lowest BCUT2D eigenvalue weighted by Gasteiger charge is -1.92. The minimum Gasteiger partial charge on any atom is -0.500 e. The van der Waals surface area contributed by atoms with Crippen LogP contribution in [0.25, 0.3) is 0 Å². The SMILES string of the molecule is C/C(N)=C(\O)SN. The predicted octanol–water partition coefficient (Wildman–Crippen LogP) is 0.299. The molecule has 42 valence electrons. The van der Waals surface area contributed by atoms with Crippen molar-refractivity contribution in [2.45, 2.75) is 6.92 Å². The third-order valence-corrected chi connectivity index (χ3v) is 0.994. The van der Waals surface area contributed by atoms with Crippen LogP contribution in [0.2, 0.25) is 0 Å². The second-order valence-electron chi connectivity index (χ2n) is 1.11. The summed E-state index contributed by atoms with van der Waals surface area (Å²) in [6, 6.07) is 0. The fourth-order valence-corrected chi connectivity index (χ4v) is 0.279. The highest BCUT2D eigenvalue weighted by molar-refractivity contribution is 8.00. The van der Waals surface area contributed by atoms with Crippen LogP contribution in [0.5, 0.6) is 0 Å². The van der Waals surface area contributed by atoms with E-state index in [2.05, 4.69) is 0 Å². The van der Waals surface area contributed by atoms with Crippen molar-refractivity contribution in [1.29, 1.82) is 0 Å². The standard InChI is InChI=1S/C3H8N2OS/c1-2(4)3(6)7-5/h6H,4-5H2,1H3/b3-2-. The fraction of sp³-hybridized carbons (Fsp3) is 0.333. The van der Waals surface area contributed by atoms with Gasteiger partial charge in [0.25, 0.3) is 0 Å². The minimum atomic E-state index is -0.0139. The van der Waals surface area contributed by atoms with Gasteiger partial charge in [0.2, 0.25) is 0 Å². The van der Waals surface area contributed by atoms with Crippen LogP contribution in [0, 0.1) is 0 Å². The number of nitrogens with two attached hydrogens (primary N) is 2. The Bertz CT molecular complexity index is 86.9. The number of aliphatic hydroxyl groups excluding tert-OH is 1. The van der Waals surface area contributed by atoms with Gasteiger partial charge in [-0.3, -0.25) is 5.14 Å². The molecule has 0 aliphatic carbocycles. The molecule has 0 atom stereocenters. The zero-order valence-corrected chi connectivity index (χ0v) is 4.83. The van der Waals surface area contributed by atoms with E-state index in [1.54, 1.807) is 6.92 Å². The largest absolute Gasteiger partial charge is 0.500 e. The maximum Gasteiger partial charge on any atom is 0.183 e. The molecule has 0 aromatic heterocycles. The van der Waals surface area contributed by atoms with Crippen LogP contribution in [0.4, 0.5) is 0 Å². The predicted molar refractivity (Wildman–Crippen MR) is 31.3 cm³/mol. The van der Waals surface area contributed by atoms with E-state index in [-0.39, 0.29) is 5.09 Å². The van der Waals surface area contributed by atoms with Crippen LogP contribution in [0.3, 0.4) is 0 Å². The Labute approximate surface area is 46.5 Å². The molecule has 0 saturated carbocycles. The van der Waals surface area contributed by atoms with Gasteiger partial charge in [-0.2, -0.15) is 0 Å². The van der Waals surface area contributed by atoms with Crippen molar-refractivity contribution in [3.8, 4) is 0 Å². The molecule has 0 radical (unpaired) electrons. The first-order chi connectivity index (χ1) is 3.18. The summed E-state index contributed by atoms with van der Waals surface area (Å²) in [7, 11) is 0. The molecule has 0 aliphatic rings. The van der Waals surface area contributed by atoms with Gasteiger partial charge in [0.05, 0.1) is 5.70 Å². The van der Waals surface area contributed by atoms with Crippen molar-refractivity contribution in [3.05, 3.63) is 10.8 Å². The molecular formula is C3H8N2OS. The van der Waals surface area contributed by atoms with E-state index in [1.807, 2.05) is 0 Å². The quantitative estimate of drug-likeness (QED) is 0.344. The molecule has 7 heavy (non-hydrogen) atoms. The molecule has 0 rings (SSSR count). The Morgan fingerprint density at radius 3 is 2.14 bits per heavy atom. The lowest BCUT2D eigenvalue weighted by Crippen LogP contribution is -1.96. The van der Waals surface area contributed by atoms with Crippen LogP contribution < -0.4 is 10.9 Å². The normalized spacial score (nSPS) is 13.4. The van der Waals surface area contributed by atoms with Crippen LogP contribution >= 0.6 is 11.9 Å². The van der Waals surface area contributed by atoms with Gasteiger partial charge < -0.3 is 10.8 Å². The highest BCUT2D eigenvalue weighted by Gasteiger charge is 1.89. The lowest BCUT2D eigenvalue weighted by atomic mass is 10.6. The Hall–Kier alpha value is -0.350. The molecule has 0 spiro atoms. The van der Waals surface area contributed by atoms with Gasteiger partial charge >= 0.3 is 0 Å². The summed E-state index contributed by atoms with van der Waals surface area (Å²) in [5, 5.41) is 13.4. The number of allylic oxidation sites excluding steroid dienone is 1. The fourth-order valence-electron chi connectivity index (χ4n) is 0.0929. The highest BCUT2D eigenvalue weighted by atomic mass is 32.2. The Morgan fingerprint density at radius 2 is 2.14 bits per heavy atom. The maximum absolute atomic E-state index is 8.53. The van der Waals surface area contributed by atoms with Crippen LogP contribution in [0.1, 0.15) is 6.92 Å². The molecule has 0 aromatic carbocycles. The van der Waals surface area contributed by atoms with Crippen molar-refractivity contribution in [2.75, 3.05) is 0 Å². The van der Waals surface area contributed by atoms with Gasteiger partial charge in [0.15, 0.2) is 5.09 Å². The van der Waals surface area contributed by atoms with Gasteiger partial charge in [-0.05, 0) is 18.9 Å². The molecule has 0 aliphatic heterocycles. The third-order valence-electron chi connectivity index (χ3n) is 0.449. The van der Waals surface area contributed by atoms with Crippen molar-refractivity contribution in [2.24, 2.45) is 10.9 Å². The molecule has 0 aromatic rings. The first-order valence-corrected chi connectivity index (χ1v) is 2.58. The van der Waals surface area contributed by atoms with Gasteiger partial charge in [-0.25, -0.2) is 0 Å². The first-order valence-electron chi connectivity index (χ1n) is 1.70. The zero-order chi connectivity index (χ0) is 5.86. The Morgan fingerprint density at radius 1 is 1.71 bits per heavy atom. The molecule has 0 heterocycles. The van der Waals surface area contributed by atoms with Gasteiger partial charge in [-0.1, -0.05) is 0 Å². The van der Waals surface area contributed by atoms with Crippen molar-refractivity contribution in [1.82, 2.24) is 0 Å². The van der Waals surface area contributed by atoms with E-state index in [0.717, 1.165) is 11.9 Å². The van der Waals surface area contributed by atoms with E-state index >= 15 is 0 Å². The van der Waals surface area contributed by atoms with Gasteiger partial charge in [-0.15, -0.1) is 0 Å². The van der Waals surface area contributed by atoms with Crippen molar-refractivity contribution in [3.63, 3.8) is 0 Å². The van der Waals surface area contributed by atoms with Crippen LogP contribution in [0.15, 0.2) is 10.8 Å². The average Bonchev–Trinajstić information content (AvgIpc) is 1.65. The second-order valence-corrected chi connectivity index (χ2v) is 1.73. The minimum absolute atomic E-state index is 0.0139. The smallest absolute Gasteiger partial charge is 0.183 e. The third kappa shape index (κ3) is 2.36. The van der Waals surface area contributed by atoms with E-state index in [9.17, 15) is 0 Å². The molecular weight excluding hydrogens is 112 g/mol. The van der Waals surface area contributed by atoms with E-state index < -0.39 is 0 Å². The van der Waals surface area contributed by atoms with Gasteiger partial charge in [0, 0.05) is 0 Å².